The maximum Gasteiger partial charge on any atom is 0.203 e. The van der Waals surface area contributed by atoms with Gasteiger partial charge >= 0.3 is 0 Å². The van der Waals surface area contributed by atoms with E-state index in [-0.39, 0.29) is 0 Å². The van der Waals surface area contributed by atoms with Crippen LogP contribution in [-0.4, -0.2) is 30.8 Å². The van der Waals surface area contributed by atoms with Crippen LogP contribution in [0.5, 0.6) is 17.2 Å². The van der Waals surface area contributed by atoms with Gasteiger partial charge < -0.3 is 24.5 Å². The summed E-state index contributed by atoms with van der Waals surface area (Å²) in [6.07, 6.45) is 1.85. The highest BCUT2D eigenvalue weighted by molar-refractivity contribution is 5.87. The lowest BCUT2D eigenvalue weighted by Crippen LogP contribution is -2.00. The second-order valence-corrected chi connectivity index (χ2v) is 6.47. The average Bonchev–Trinajstić information content (AvgIpc) is 3.18. The van der Waals surface area contributed by atoms with Crippen molar-refractivity contribution < 1.29 is 14.2 Å². The highest BCUT2D eigenvalue weighted by Gasteiger charge is 2.14. The molecule has 0 aliphatic rings. The number of hydrogen-bond acceptors (Lipinski definition) is 5. The zero-order valence-electron chi connectivity index (χ0n) is 16.7. The summed E-state index contributed by atoms with van der Waals surface area (Å²) in [4.78, 5) is 8.00. The van der Waals surface area contributed by atoms with Crippen LogP contribution < -0.4 is 19.5 Å². The predicted molar refractivity (Wildman–Crippen MR) is 116 cm³/mol. The molecule has 2 aromatic heterocycles. The molecule has 6 heteroatoms. The van der Waals surface area contributed by atoms with Gasteiger partial charge in [-0.2, -0.15) is 0 Å². The largest absolute Gasteiger partial charge is 0.493 e. The summed E-state index contributed by atoms with van der Waals surface area (Å²) < 4.78 is 16.6. The molecule has 2 N–H and O–H groups in total. The van der Waals surface area contributed by atoms with Gasteiger partial charge in [0.2, 0.25) is 5.75 Å². The fourth-order valence-corrected chi connectivity index (χ4v) is 3.28. The molecule has 2 aromatic carbocycles. The third kappa shape index (κ3) is 3.82. The van der Waals surface area contributed by atoms with Crippen LogP contribution in [0.25, 0.3) is 22.2 Å². The van der Waals surface area contributed by atoms with E-state index in [1.54, 1.807) is 14.2 Å². The lowest BCUT2D eigenvalue weighted by Gasteiger charge is -2.15. The Hall–Kier alpha value is -3.67. The number of rotatable bonds is 7. The van der Waals surface area contributed by atoms with Crippen LogP contribution in [0.1, 0.15) is 6.92 Å². The fourth-order valence-electron chi connectivity index (χ4n) is 3.28. The first-order chi connectivity index (χ1) is 14.2. The summed E-state index contributed by atoms with van der Waals surface area (Å²) in [6.45, 7) is 2.45. The zero-order valence-corrected chi connectivity index (χ0v) is 16.7. The predicted octanol–water partition coefficient (Wildman–Crippen LogP) is 5.39. The minimum Gasteiger partial charge on any atom is -0.493 e. The van der Waals surface area contributed by atoms with E-state index in [4.69, 9.17) is 14.2 Å². The Bertz CT molecular complexity index is 1120. The van der Waals surface area contributed by atoms with E-state index >= 15 is 0 Å². The Morgan fingerprint density at radius 1 is 0.966 bits per heavy atom. The number of methoxy groups -OCH3 is 2. The molecule has 0 bridgehead atoms. The summed E-state index contributed by atoms with van der Waals surface area (Å²) in [7, 11) is 3.20. The lowest BCUT2D eigenvalue weighted by atomic mass is 10.1. The quantitative estimate of drug-likeness (QED) is 0.444. The number of anilines is 2. The Morgan fingerprint density at radius 2 is 1.76 bits per heavy atom. The van der Waals surface area contributed by atoms with Crippen molar-refractivity contribution in [3.8, 4) is 28.5 Å². The van der Waals surface area contributed by atoms with E-state index in [0.29, 0.717) is 29.7 Å². The Kier molecular flexibility index (Phi) is 5.24. The fraction of sp³-hybridized carbons (Fsp3) is 0.174. The molecule has 0 radical (unpaired) electrons. The summed E-state index contributed by atoms with van der Waals surface area (Å²) in [5.74, 6) is 2.49. The van der Waals surface area contributed by atoms with Crippen molar-refractivity contribution >= 4 is 22.4 Å². The van der Waals surface area contributed by atoms with Crippen LogP contribution in [0.4, 0.5) is 11.5 Å². The molecule has 148 valence electrons. The highest BCUT2D eigenvalue weighted by atomic mass is 16.5. The minimum absolute atomic E-state index is 0.526. The second kappa shape index (κ2) is 8.14. The third-order valence-electron chi connectivity index (χ3n) is 4.61. The van der Waals surface area contributed by atoms with Gasteiger partial charge in [-0.15, -0.1) is 0 Å². The molecule has 6 nitrogen and oxygen atoms in total. The highest BCUT2D eigenvalue weighted by Crippen LogP contribution is 2.41. The maximum absolute atomic E-state index is 5.70. The minimum atomic E-state index is 0.526. The lowest BCUT2D eigenvalue weighted by molar-refractivity contribution is 0.297. The van der Waals surface area contributed by atoms with Gasteiger partial charge in [0, 0.05) is 41.2 Å². The van der Waals surface area contributed by atoms with Crippen LogP contribution in [-0.2, 0) is 0 Å². The van der Waals surface area contributed by atoms with Gasteiger partial charge in [-0.25, -0.2) is 4.98 Å². The molecule has 0 aliphatic heterocycles. The summed E-state index contributed by atoms with van der Waals surface area (Å²) in [5.41, 5.74) is 4.00. The van der Waals surface area contributed by atoms with Crippen molar-refractivity contribution in [1.82, 2.24) is 9.97 Å². The van der Waals surface area contributed by atoms with Crippen LogP contribution >= 0.6 is 0 Å². The van der Waals surface area contributed by atoms with Gasteiger partial charge in [0.15, 0.2) is 11.5 Å². The number of pyridine rings is 1. The summed E-state index contributed by atoms with van der Waals surface area (Å²) >= 11 is 0. The molecule has 0 atom stereocenters. The Balaban J connectivity index is 1.66. The SMILES string of the molecule is CCOc1cc(Nc2cc3[nH]c(-c4ccccc4)cc3cn2)cc(OC)c1OC. The van der Waals surface area contributed by atoms with Gasteiger partial charge in [0.25, 0.3) is 0 Å². The van der Waals surface area contributed by atoms with E-state index in [2.05, 4.69) is 33.5 Å². The number of fused-ring (bicyclic) bond motifs is 1. The molecule has 0 aliphatic carbocycles. The van der Waals surface area contributed by atoms with Crippen molar-refractivity contribution in [1.29, 1.82) is 0 Å². The van der Waals surface area contributed by atoms with Gasteiger partial charge in [0.1, 0.15) is 5.82 Å². The van der Waals surface area contributed by atoms with Gasteiger partial charge in [0.05, 0.1) is 26.3 Å². The molecular formula is C23H23N3O3. The molecule has 0 saturated carbocycles. The molecule has 29 heavy (non-hydrogen) atoms. The van der Waals surface area contributed by atoms with Crippen LogP contribution in [0.15, 0.2) is 60.8 Å². The van der Waals surface area contributed by atoms with Gasteiger partial charge in [-0.3, -0.25) is 0 Å². The summed E-state index contributed by atoms with van der Waals surface area (Å²) in [5, 5.41) is 4.38. The van der Waals surface area contributed by atoms with E-state index in [0.717, 1.165) is 27.8 Å². The monoisotopic (exact) mass is 389 g/mol. The standard InChI is InChI=1S/C23H23N3O3/c1-4-29-21-12-17(11-20(27-2)23(21)28-3)25-22-13-19-16(14-24-22)10-18(26-19)15-8-6-5-7-9-15/h5-14,26H,4H2,1-3H3,(H,24,25). The molecule has 0 spiro atoms. The van der Waals surface area contributed by atoms with Crippen LogP contribution in [0.2, 0.25) is 0 Å². The number of hydrogen-bond donors (Lipinski definition) is 2. The number of H-pyrrole nitrogens is 1. The smallest absolute Gasteiger partial charge is 0.203 e. The van der Waals surface area contributed by atoms with Crippen molar-refractivity contribution in [3.63, 3.8) is 0 Å². The number of ether oxygens (including phenoxy) is 3. The van der Waals surface area contributed by atoms with Crippen LogP contribution in [0.3, 0.4) is 0 Å². The molecule has 0 amide bonds. The maximum atomic E-state index is 5.70. The summed E-state index contributed by atoms with van der Waals surface area (Å²) in [6, 6.07) is 18.0. The van der Waals surface area contributed by atoms with Crippen LogP contribution in [0, 0.1) is 0 Å². The first kappa shape index (κ1) is 18.7. The van der Waals surface area contributed by atoms with Gasteiger partial charge in [-0.05, 0) is 18.6 Å². The number of nitrogens with zero attached hydrogens (tertiary/aromatic N) is 1. The molecule has 0 unspecified atom stereocenters. The van der Waals surface area contributed by atoms with E-state index < -0.39 is 0 Å². The number of aromatic nitrogens is 2. The normalized spacial score (nSPS) is 10.7. The number of aromatic amines is 1. The van der Waals surface area contributed by atoms with E-state index in [1.807, 2.05) is 49.5 Å². The molecule has 4 rings (SSSR count). The van der Waals surface area contributed by atoms with Crippen molar-refractivity contribution in [2.45, 2.75) is 6.92 Å². The second-order valence-electron chi connectivity index (χ2n) is 6.47. The third-order valence-corrected chi connectivity index (χ3v) is 4.61. The number of nitrogens with one attached hydrogen (secondary N) is 2. The van der Waals surface area contributed by atoms with E-state index in [9.17, 15) is 0 Å². The Morgan fingerprint density at radius 3 is 2.48 bits per heavy atom. The van der Waals surface area contributed by atoms with Crippen molar-refractivity contribution in [2.75, 3.05) is 26.1 Å². The molecule has 4 aromatic rings. The zero-order chi connectivity index (χ0) is 20.2. The molecule has 2 heterocycles. The Labute approximate surface area is 169 Å². The average molecular weight is 389 g/mol. The van der Waals surface area contributed by atoms with Gasteiger partial charge in [-0.1, -0.05) is 30.3 Å². The molecular weight excluding hydrogens is 366 g/mol. The van der Waals surface area contributed by atoms with Crippen molar-refractivity contribution in [3.05, 3.63) is 60.8 Å². The van der Waals surface area contributed by atoms with E-state index in [1.165, 1.54) is 0 Å². The topological polar surface area (TPSA) is 68.4 Å². The molecule has 0 fully saturated rings. The first-order valence-corrected chi connectivity index (χ1v) is 9.42. The number of benzene rings is 2. The first-order valence-electron chi connectivity index (χ1n) is 9.42. The molecule has 0 saturated heterocycles. The van der Waals surface area contributed by atoms with Crippen molar-refractivity contribution in [2.24, 2.45) is 0 Å².